The molecule has 5 unspecified atom stereocenters. The number of rotatable bonds is 8. The number of aliphatic hydroxyl groups is 2. The fourth-order valence-corrected chi connectivity index (χ4v) is 6.58. The lowest BCUT2D eigenvalue weighted by atomic mass is 9.76. The van der Waals surface area contributed by atoms with Crippen LogP contribution in [0, 0.1) is 5.92 Å². The molecule has 5 atom stereocenters. The second kappa shape index (κ2) is 10.7. The standard InChI is InChI=1S/C30H44N8O3/c1-16(2)37(13-22-25(39)26(40)29(41-22)38-15-34-24-27(31)32-14-33-28(24)38)19-10-17(11-19)6-9-23-35-20-8-7-18(30(3,4)5)12-21(20)36-23/h7-8,12,14-17,19,22-23,25-26,29,35-36,39-40H,6,9-11,13H2,1-5H3,(H2,31,32,33). The second-order valence-corrected chi connectivity index (χ2v) is 13.3. The number of ether oxygens (including phenoxy) is 1. The highest BCUT2D eigenvalue weighted by Crippen LogP contribution is 2.40. The van der Waals surface area contributed by atoms with Gasteiger partial charge in [0, 0.05) is 18.6 Å². The van der Waals surface area contributed by atoms with Gasteiger partial charge >= 0.3 is 0 Å². The van der Waals surface area contributed by atoms with E-state index in [1.54, 1.807) is 4.57 Å². The molecule has 1 aromatic carbocycles. The zero-order valence-corrected chi connectivity index (χ0v) is 24.7. The highest BCUT2D eigenvalue weighted by atomic mass is 16.6. The molecule has 3 aliphatic rings. The molecule has 41 heavy (non-hydrogen) atoms. The second-order valence-electron chi connectivity index (χ2n) is 13.3. The molecule has 0 amide bonds. The number of nitrogen functional groups attached to an aromatic ring is 1. The molecule has 6 N–H and O–H groups in total. The van der Waals surface area contributed by atoms with Crippen molar-refractivity contribution in [3.8, 4) is 0 Å². The molecule has 11 heteroatoms. The zero-order chi connectivity index (χ0) is 29.1. The number of nitrogens with one attached hydrogen (secondary N) is 2. The van der Waals surface area contributed by atoms with Crippen molar-refractivity contribution in [3.63, 3.8) is 0 Å². The third kappa shape index (κ3) is 5.36. The first kappa shape index (κ1) is 28.1. The SMILES string of the molecule is CC(C)N(CC1OC(n2cnc3c(N)ncnc32)C(O)C1O)C1CC(CCC2Nc3ccc(C(C)(C)C)cc3N2)C1. The number of fused-ring (bicyclic) bond motifs is 2. The smallest absolute Gasteiger partial charge is 0.167 e. The lowest BCUT2D eigenvalue weighted by molar-refractivity contribution is -0.0621. The Morgan fingerprint density at radius 3 is 2.56 bits per heavy atom. The van der Waals surface area contributed by atoms with Crippen LogP contribution in [0.4, 0.5) is 17.2 Å². The maximum atomic E-state index is 10.9. The fraction of sp³-hybridized carbons (Fsp3) is 0.633. The molecule has 2 aliphatic heterocycles. The van der Waals surface area contributed by atoms with E-state index in [0.29, 0.717) is 35.7 Å². The summed E-state index contributed by atoms with van der Waals surface area (Å²) >= 11 is 0. The molecule has 3 aromatic rings. The molecule has 2 fully saturated rings. The van der Waals surface area contributed by atoms with Gasteiger partial charge in [0.15, 0.2) is 17.7 Å². The van der Waals surface area contributed by atoms with E-state index in [1.165, 1.54) is 29.6 Å². The largest absolute Gasteiger partial charge is 0.387 e. The molecule has 0 bridgehead atoms. The molecule has 1 saturated carbocycles. The molecular weight excluding hydrogens is 520 g/mol. The first-order chi connectivity index (χ1) is 19.5. The van der Waals surface area contributed by atoms with Gasteiger partial charge < -0.3 is 31.3 Å². The van der Waals surface area contributed by atoms with E-state index in [0.717, 1.165) is 25.7 Å². The van der Waals surface area contributed by atoms with Crippen molar-refractivity contribution in [1.82, 2.24) is 24.4 Å². The van der Waals surface area contributed by atoms with Gasteiger partial charge in [-0.2, -0.15) is 0 Å². The Kier molecular flexibility index (Phi) is 7.34. The Labute approximate surface area is 241 Å². The summed E-state index contributed by atoms with van der Waals surface area (Å²) in [6, 6.07) is 7.43. The van der Waals surface area contributed by atoms with Crippen LogP contribution < -0.4 is 16.4 Å². The van der Waals surface area contributed by atoms with E-state index in [-0.39, 0.29) is 17.4 Å². The molecule has 4 heterocycles. The van der Waals surface area contributed by atoms with E-state index in [9.17, 15) is 10.2 Å². The number of aliphatic hydroxyl groups excluding tert-OH is 2. The summed E-state index contributed by atoms with van der Waals surface area (Å²) in [5.41, 5.74) is 10.7. The van der Waals surface area contributed by atoms with Gasteiger partial charge in [-0.3, -0.25) is 9.47 Å². The summed E-state index contributed by atoms with van der Waals surface area (Å²) < 4.78 is 7.88. The van der Waals surface area contributed by atoms with Crippen LogP contribution in [-0.4, -0.2) is 77.7 Å². The Morgan fingerprint density at radius 1 is 1.07 bits per heavy atom. The van der Waals surface area contributed by atoms with Gasteiger partial charge in [0.2, 0.25) is 0 Å². The molecule has 0 radical (unpaired) electrons. The zero-order valence-electron chi connectivity index (χ0n) is 24.7. The van der Waals surface area contributed by atoms with Gasteiger partial charge in [0.25, 0.3) is 0 Å². The minimum absolute atomic E-state index is 0.133. The predicted molar refractivity (Wildman–Crippen MR) is 159 cm³/mol. The van der Waals surface area contributed by atoms with Crippen molar-refractivity contribution in [2.75, 3.05) is 22.9 Å². The highest BCUT2D eigenvalue weighted by molar-refractivity contribution is 5.81. The minimum atomic E-state index is -1.10. The third-order valence-electron chi connectivity index (χ3n) is 9.14. The lowest BCUT2D eigenvalue weighted by Gasteiger charge is -2.46. The van der Waals surface area contributed by atoms with E-state index in [4.69, 9.17) is 10.5 Å². The molecule has 1 aliphatic carbocycles. The molecular formula is C30H44N8O3. The van der Waals surface area contributed by atoms with Crippen molar-refractivity contribution >= 4 is 28.4 Å². The summed E-state index contributed by atoms with van der Waals surface area (Å²) in [4.78, 5) is 14.9. The van der Waals surface area contributed by atoms with Crippen LogP contribution in [0.5, 0.6) is 0 Å². The van der Waals surface area contributed by atoms with Crippen molar-refractivity contribution in [2.24, 2.45) is 5.92 Å². The Bertz CT molecular complexity index is 1380. The van der Waals surface area contributed by atoms with Crippen molar-refractivity contribution in [1.29, 1.82) is 0 Å². The van der Waals surface area contributed by atoms with Crippen molar-refractivity contribution in [3.05, 3.63) is 36.4 Å². The maximum Gasteiger partial charge on any atom is 0.167 e. The van der Waals surface area contributed by atoms with Crippen molar-refractivity contribution < 1.29 is 14.9 Å². The number of imidazole rings is 1. The summed E-state index contributed by atoms with van der Waals surface area (Å²) in [5, 5.41) is 29.2. The third-order valence-corrected chi connectivity index (χ3v) is 9.14. The van der Waals surface area contributed by atoms with E-state index >= 15 is 0 Å². The number of hydrogen-bond acceptors (Lipinski definition) is 10. The number of aromatic nitrogens is 4. The van der Waals surface area contributed by atoms with E-state index < -0.39 is 24.5 Å². The van der Waals surface area contributed by atoms with Gasteiger partial charge in [-0.1, -0.05) is 26.8 Å². The average molecular weight is 565 g/mol. The van der Waals surface area contributed by atoms with Gasteiger partial charge in [-0.05, 0) is 68.6 Å². The Morgan fingerprint density at radius 2 is 1.83 bits per heavy atom. The van der Waals surface area contributed by atoms with Crippen LogP contribution in [0.3, 0.4) is 0 Å². The van der Waals surface area contributed by atoms with Crippen LogP contribution in [0.1, 0.15) is 72.1 Å². The molecule has 2 aromatic heterocycles. The minimum Gasteiger partial charge on any atom is -0.387 e. The summed E-state index contributed by atoms with van der Waals surface area (Å²) in [6.45, 7) is 11.6. The first-order valence-electron chi connectivity index (χ1n) is 14.9. The van der Waals surface area contributed by atoms with Crippen molar-refractivity contribution in [2.45, 2.75) is 109 Å². The van der Waals surface area contributed by atoms with E-state index in [1.807, 2.05) is 0 Å². The van der Waals surface area contributed by atoms with Crippen LogP contribution in [0.15, 0.2) is 30.9 Å². The topological polar surface area (TPSA) is 147 Å². The van der Waals surface area contributed by atoms with E-state index in [2.05, 4.69) is 83.3 Å². The molecule has 222 valence electrons. The highest BCUT2D eigenvalue weighted by Gasteiger charge is 2.46. The number of nitrogens with zero attached hydrogens (tertiary/aromatic N) is 5. The Balaban J connectivity index is 1.02. The number of anilines is 3. The molecule has 6 rings (SSSR count). The first-order valence-corrected chi connectivity index (χ1v) is 14.9. The summed E-state index contributed by atoms with van der Waals surface area (Å²) in [5.74, 6) is 0.941. The normalized spacial score (nSPS) is 29.5. The van der Waals surface area contributed by atoms with Crippen LogP contribution in [0.2, 0.25) is 0 Å². The fourth-order valence-electron chi connectivity index (χ4n) is 6.58. The van der Waals surface area contributed by atoms with Gasteiger partial charge in [0.1, 0.15) is 30.2 Å². The van der Waals surface area contributed by atoms with Crippen LogP contribution >= 0.6 is 0 Å². The quantitative estimate of drug-likeness (QED) is 0.276. The molecule has 0 spiro atoms. The van der Waals surface area contributed by atoms with Gasteiger partial charge in [0.05, 0.1) is 23.9 Å². The predicted octanol–water partition coefficient (Wildman–Crippen LogP) is 3.46. The van der Waals surface area contributed by atoms with Crippen LogP contribution in [0.25, 0.3) is 11.2 Å². The van der Waals surface area contributed by atoms with Gasteiger partial charge in [-0.25, -0.2) is 15.0 Å². The number of benzene rings is 1. The number of hydrogen-bond donors (Lipinski definition) is 5. The summed E-state index contributed by atoms with van der Waals surface area (Å²) in [7, 11) is 0. The lowest BCUT2D eigenvalue weighted by Crippen LogP contribution is -2.52. The summed E-state index contributed by atoms with van der Waals surface area (Å²) in [6.07, 6.45) is 4.20. The maximum absolute atomic E-state index is 10.9. The van der Waals surface area contributed by atoms with Gasteiger partial charge in [-0.15, -0.1) is 0 Å². The monoisotopic (exact) mass is 564 g/mol. The number of nitrogens with two attached hydrogens (primary N) is 1. The average Bonchev–Trinajstić information content (AvgIpc) is 3.58. The Hall–Kier alpha value is -2.99. The molecule has 11 nitrogen and oxygen atoms in total. The van der Waals surface area contributed by atoms with Crippen LogP contribution in [-0.2, 0) is 10.2 Å². The molecule has 1 saturated heterocycles.